The molecule has 2 rings (SSSR count). The molecule has 2 atom stereocenters. The van der Waals surface area contributed by atoms with Gasteiger partial charge in [-0.15, -0.1) is 0 Å². The number of aromatic nitrogens is 1. The summed E-state index contributed by atoms with van der Waals surface area (Å²) in [6.07, 6.45) is -2.96. The zero-order chi connectivity index (χ0) is 14.2. The largest absolute Gasteiger partial charge is 0.433 e. The van der Waals surface area contributed by atoms with Gasteiger partial charge < -0.3 is 10.0 Å². The molecule has 0 unspecified atom stereocenters. The number of amides is 1. The maximum atomic E-state index is 12.5. The molecule has 1 aromatic rings. The number of hydrogen-bond donors (Lipinski definition) is 1. The Labute approximate surface area is 107 Å². The summed E-state index contributed by atoms with van der Waals surface area (Å²) in [6.45, 7) is 0. The molecule has 1 aromatic heterocycles. The molecule has 0 aliphatic heterocycles. The Kier molecular flexibility index (Phi) is 3.49. The van der Waals surface area contributed by atoms with E-state index < -0.39 is 23.9 Å². The van der Waals surface area contributed by atoms with Gasteiger partial charge in [0.25, 0.3) is 5.91 Å². The predicted molar refractivity (Wildman–Crippen MR) is 60.4 cm³/mol. The lowest BCUT2D eigenvalue weighted by atomic mass is 9.88. The highest BCUT2D eigenvalue weighted by Crippen LogP contribution is 2.29. The van der Waals surface area contributed by atoms with Gasteiger partial charge in [0, 0.05) is 18.8 Å². The van der Waals surface area contributed by atoms with Crippen LogP contribution in [0.5, 0.6) is 0 Å². The average Bonchev–Trinajstić information content (AvgIpc) is 2.35. The second-order valence-corrected chi connectivity index (χ2v) is 4.56. The molecule has 1 saturated carbocycles. The standard InChI is InChI=1S/C12H13F3N2O2/c1-17(8-2-3-9(8)18)11(19)7-4-5-16-10(6-7)12(13,14)15/h4-6,8-9,18H,2-3H2,1H3/t8-,9-/m1/s1. The van der Waals surface area contributed by atoms with E-state index in [-0.39, 0.29) is 11.6 Å². The monoisotopic (exact) mass is 274 g/mol. The fourth-order valence-corrected chi connectivity index (χ4v) is 1.99. The minimum atomic E-state index is -4.58. The average molecular weight is 274 g/mol. The van der Waals surface area contributed by atoms with Crippen molar-refractivity contribution in [1.82, 2.24) is 9.88 Å². The molecule has 1 fully saturated rings. The number of likely N-dealkylation sites (N-methyl/N-ethyl adjacent to an activating group) is 1. The molecule has 0 saturated heterocycles. The Hall–Kier alpha value is -1.63. The van der Waals surface area contributed by atoms with E-state index >= 15 is 0 Å². The number of aliphatic hydroxyl groups is 1. The topological polar surface area (TPSA) is 53.4 Å². The van der Waals surface area contributed by atoms with Crippen LogP contribution in [0.15, 0.2) is 18.3 Å². The summed E-state index contributed by atoms with van der Waals surface area (Å²) in [5.41, 5.74) is -1.18. The van der Waals surface area contributed by atoms with E-state index in [9.17, 15) is 23.1 Å². The Bertz CT molecular complexity index is 490. The van der Waals surface area contributed by atoms with Gasteiger partial charge in [-0.05, 0) is 25.0 Å². The number of pyridine rings is 1. The van der Waals surface area contributed by atoms with Gasteiger partial charge >= 0.3 is 6.18 Å². The Morgan fingerprint density at radius 2 is 2.16 bits per heavy atom. The number of aliphatic hydroxyl groups excluding tert-OH is 1. The summed E-state index contributed by atoms with van der Waals surface area (Å²) in [6, 6.07) is 1.64. The number of alkyl halides is 3. The van der Waals surface area contributed by atoms with Crippen molar-refractivity contribution in [1.29, 1.82) is 0 Å². The van der Waals surface area contributed by atoms with Gasteiger partial charge in [0.1, 0.15) is 5.69 Å². The first-order valence-corrected chi connectivity index (χ1v) is 5.79. The lowest BCUT2D eigenvalue weighted by molar-refractivity contribution is -0.141. The normalized spacial score (nSPS) is 22.8. The quantitative estimate of drug-likeness (QED) is 0.893. The summed E-state index contributed by atoms with van der Waals surface area (Å²) in [5.74, 6) is -0.545. The Morgan fingerprint density at radius 3 is 2.63 bits per heavy atom. The van der Waals surface area contributed by atoms with Crippen LogP contribution in [0.2, 0.25) is 0 Å². The van der Waals surface area contributed by atoms with E-state index in [1.807, 2.05) is 0 Å². The number of carbonyl (C=O) groups is 1. The van der Waals surface area contributed by atoms with Crippen molar-refractivity contribution >= 4 is 5.91 Å². The molecule has 1 aliphatic carbocycles. The third-order valence-electron chi connectivity index (χ3n) is 3.32. The third kappa shape index (κ3) is 2.70. The van der Waals surface area contributed by atoms with E-state index in [0.717, 1.165) is 12.3 Å². The van der Waals surface area contributed by atoms with Gasteiger partial charge in [0.05, 0.1) is 12.1 Å². The summed E-state index contributed by atoms with van der Waals surface area (Å²) in [5, 5.41) is 9.47. The van der Waals surface area contributed by atoms with Crippen LogP contribution in [0.3, 0.4) is 0 Å². The van der Waals surface area contributed by atoms with E-state index in [4.69, 9.17) is 0 Å². The summed E-state index contributed by atoms with van der Waals surface area (Å²) in [4.78, 5) is 16.5. The molecule has 1 aliphatic rings. The maximum Gasteiger partial charge on any atom is 0.433 e. The fraction of sp³-hybridized carbons (Fsp3) is 0.500. The molecule has 104 valence electrons. The van der Waals surface area contributed by atoms with Gasteiger partial charge in [-0.1, -0.05) is 0 Å². The zero-order valence-corrected chi connectivity index (χ0v) is 10.2. The van der Waals surface area contributed by atoms with E-state index in [0.29, 0.717) is 12.8 Å². The van der Waals surface area contributed by atoms with Crippen LogP contribution in [-0.4, -0.2) is 40.1 Å². The summed E-state index contributed by atoms with van der Waals surface area (Å²) >= 11 is 0. The molecule has 0 aromatic carbocycles. The smallest absolute Gasteiger partial charge is 0.391 e. The Balaban J connectivity index is 2.19. The molecular formula is C12H13F3N2O2. The molecule has 7 heteroatoms. The fourth-order valence-electron chi connectivity index (χ4n) is 1.99. The molecule has 0 radical (unpaired) electrons. The van der Waals surface area contributed by atoms with Crippen LogP contribution in [-0.2, 0) is 6.18 Å². The predicted octanol–water partition coefficient (Wildman–Crippen LogP) is 1.70. The van der Waals surface area contributed by atoms with Crippen molar-refractivity contribution in [2.75, 3.05) is 7.05 Å². The van der Waals surface area contributed by atoms with Gasteiger partial charge in [0.15, 0.2) is 0 Å². The second-order valence-electron chi connectivity index (χ2n) is 4.56. The minimum absolute atomic E-state index is 0.0797. The van der Waals surface area contributed by atoms with Gasteiger partial charge in [-0.2, -0.15) is 13.2 Å². The van der Waals surface area contributed by atoms with E-state index in [1.54, 1.807) is 0 Å². The highest BCUT2D eigenvalue weighted by molar-refractivity contribution is 5.94. The highest BCUT2D eigenvalue weighted by Gasteiger charge is 2.36. The SMILES string of the molecule is CN(C(=O)c1ccnc(C(F)(F)F)c1)[C@@H]1CC[C@H]1O. The Morgan fingerprint density at radius 1 is 1.47 bits per heavy atom. The van der Waals surface area contributed by atoms with Crippen molar-refractivity contribution in [2.45, 2.75) is 31.2 Å². The third-order valence-corrected chi connectivity index (χ3v) is 3.32. The number of nitrogens with zero attached hydrogens (tertiary/aromatic N) is 2. The molecule has 0 bridgehead atoms. The van der Waals surface area contributed by atoms with Gasteiger partial charge in [-0.3, -0.25) is 9.78 Å². The van der Waals surface area contributed by atoms with Gasteiger partial charge in [0.2, 0.25) is 0 Å². The molecular weight excluding hydrogens is 261 g/mol. The number of carbonyl (C=O) groups excluding carboxylic acids is 1. The van der Waals surface area contributed by atoms with Crippen molar-refractivity contribution in [3.05, 3.63) is 29.6 Å². The molecule has 1 heterocycles. The maximum absolute atomic E-state index is 12.5. The van der Waals surface area contributed by atoms with E-state index in [2.05, 4.69) is 4.98 Å². The van der Waals surface area contributed by atoms with Crippen molar-refractivity contribution in [3.63, 3.8) is 0 Å². The van der Waals surface area contributed by atoms with Crippen LogP contribution in [0.4, 0.5) is 13.2 Å². The lowest BCUT2D eigenvalue weighted by Crippen LogP contribution is -2.51. The molecule has 4 nitrogen and oxygen atoms in total. The van der Waals surface area contributed by atoms with Crippen molar-refractivity contribution in [2.24, 2.45) is 0 Å². The lowest BCUT2D eigenvalue weighted by Gasteiger charge is -2.39. The number of rotatable bonds is 2. The van der Waals surface area contributed by atoms with Gasteiger partial charge in [-0.25, -0.2) is 0 Å². The first-order valence-electron chi connectivity index (χ1n) is 5.79. The van der Waals surface area contributed by atoms with Crippen LogP contribution < -0.4 is 0 Å². The first kappa shape index (κ1) is 13.8. The molecule has 0 spiro atoms. The van der Waals surface area contributed by atoms with Crippen molar-refractivity contribution in [3.8, 4) is 0 Å². The molecule has 19 heavy (non-hydrogen) atoms. The zero-order valence-electron chi connectivity index (χ0n) is 10.2. The number of hydrogen-bond acceptors (Lipinski definition) is 3. The van der Waals surface area contributed by atoms with Crippen LogP contribution in [0, 0.1) is 0 Å². The molecule has 1 amide bonds. The van der Waals surface area contributed by atoms with Crippen molar-refractivity contribution < 1.29 is 23.1 Å². The van der Waals surface area contributed by atoms with Crippen LogP contribution >= 0.6 is 0 Å². The first-order chi connectivity index (χ1) is 8.80. The highest BCUT2D eigenvalue weighted by atomic mass is 19.4. The summed E-state index contributed by atoms with van der Waals surface area (Å²) in [7, 11) is 1.48. The minimum Gasteiger partial charge on any atom is -0.391 e. The summed E-state index contributed by atoms with van der Waals surface area (Å²) < 4.78 is 37.5. The number of halogens is 3. The van der Waals surface area contributed by atoms with Crippen LogP contribution in [0.1, 0.15) is 28.9 Å². The van der Waals surface area contributed by atoms with E-state index in [1.165, 1.54) is 18.0 Å². The second kappa shape index (κ2) is 4.80. The van der Waals surface area contributed by atoms with Crippen LogP contribution in [0.25, 0.3) is 0 Å². The molecule has 1 N–H and O–H groups in total.